The van der Waals surface area contributed by atoms with Crippen LogP contribution in [0.4, 0.5) is 0 Å². The fourth-order valence-electron chi connectivity index (χ4n) is 4.46. The Kier molecular flexibility index (Phi) is 5.52. The molecule has 0 saturated carbocycles. The van der Waals surface area contributed by atoms with Gasteiger partial charge in [0.15, 0.2) is 11.6 Å². The molecule has 0 amide bonds. The molecule has 0 aromatic heterocycles. The van der Waals surface area contributed by atoms with Crippen LogP contribution in [-0.2, 0) is 28.5 Å². The number of rotatable bonds is 4. The average molecular weight is 393 g/mol. The molecule has 1 N–H and O–H groups in total. The van der Waals surface area contributed by atoms with E-state index in [1.807, 2.05) is 45.9 Å². The molecular formula is C21H31NO6. The molecule has 3 fully saturated rings. The molecule has 0 radical (unpaired) electrons. The van der Waals surface area contributed by atoms with E-state index in [1.165, 1.54) is 5.56 Å². The van der Waals surface area contributed by atoms with Gasteiger partial charge in [-0.25, -0.2) is 0 Å². The molecule has 3 saturated heterocycles. The molecule has 6 atom stereocenters. The maximum absolute atomic E-state index is 6.32. The Morgan fingerprint density at radius 1 is 0.929 bits per heavy atom. The Morgan fingerprint density at radius 2 is 1.64 bits per heavy atom. The lowest BCUT2D eigenvalue weighted by molar-refractivity contribution is -0.178. The first-order valence-corrected chi connectivity index (χ1v) is 9.92. The van der Waals surface area contributed by atoms with E-state index in [2.05, 4.69) is 17.6 Å². The van der Waals surface area contributed by atoms with E-state index in [4.69, 9.17) is 28.5 Å². The van der Waals surface area contributed by atoms with Gasteiger partial charge < -0.3 is 28.5 Å². The number of benzene rings is 1. The summed E-state index contributed by atoms with van der Waals surface area (Å²) in [4.78, 5) is 5.78. The predicted molar refractivity (Wildman–Crippen MR) is 102 cm³/mol. The van der Waals surface area contributed by atoms with Gasteiger partial charge in [-0.05, 0) is 33.3 Å². The van der Waals surface area contributed by atoms with Crippen molar-refractivity contribution in [1.82, 2.24) is 5.48 Å². The van der Waals surface area contributed by atoms with Gasteiger partial charge in [0.05, 0.1) is 25.4 Å². The molecule has 0 aliphatic carbocycles. The fraction of sp³-hybridized carbons (Fsp3) is 0.714. The second-order valence-electron chi connectivity index (χ2n) is 8.60. The molecule has 28 heavy (non-hydrogen) atoms. The second-order valence-corrected chi connectivity index (χ2v) is 8.60. The van der Waals surface area contributed by atoms with Crippen LogP contribution in [0.15, 0.2) is 30.3 Å². The molecule has 3 heterocycles. The maximum atomic E-state index is 6.32. The minimum atomic E-state index is -0.731. The highest BCUT2D eigenvalue weighted by Gasteiger charge is 2.55. The summed E-state index contributed by atoms with van der Waals surface area (Å²) in [5, 5.41) is 0. The van der Waals surface area contributed by atoms with Crippen molar-refractivity contribution in [3.05, 3.63) is 35.9 Å². The van der Waals surface area contributed by atoms with Crippen LogP contribution in [0.25, 0.3) is 0 Å². The third kappa shape index (κ3) is 3.98. The van der Waals surface area contributed by atoms with Gasteiger partial charge in [0, 0.05) is 13.0 Å². The molecule has 7 nitrogen and oxygen atoms in total. The minimum absolute atomic E-state index is 0.0857. The first-order valence-electron chi connectivity index (χ1n) is 9.92. The smallest absolute Gasteiger partial charge is 0.163 e. The van der Waals surface area contributed by atoms with Crippen molar-refractivity contribution in [3.63, 3.8) is 0 Å². The summed E-state index contributed by atoms with van der Waals surface area (Å²) >= 11 is 0. The molecule has 7 heteroatoms. The SMILES string of the molecule is CO[C@@H]1[C@@H]([C@H]2OC(C)(C)O[C@@H]2[C@H]2COC(C)(C)O2)NOC[C@@H]1c1ccccc1. The van der Waals surface area contributed by atoms with Gasteiger partial charge in [0.1, 0.15) is 18.3 Å². The van der Waals surface area contributed by atoms with Gasteiger partial charge in [-0.3, -0.25) is 0 Å². The lowest BCUT2D eigenvalue weighted by Gasteiger charge is -2.41. The summed E-state index contributed by atoms with van der Waals surface area (Å²) < 4.78 is 30.4. The highest BCUT2D eigenvalue weighted by Crippen LogP contribution is 2.40. The van der Waals surface area contributed by atoms with Gasteiger partial charge in [-0.1, -0.05) is 30.3 Å². The van der Waals surface area contributed by atoms with Gasteiger partial charge in [0.25, 0.3) is 0 Å². The van der Waals surface area contributed by atoms with E-state index in [9.17, 15) is 0 Å². The molecule has 0 spiro atoms. The number of ether oxygens (including phenoxy) is 5. The third-order valence-electron chi connectivity index (χ3n) is 5.65. The highest BCUT2D eigenvalue weighted by molar-refractivity contribution is 5.23. The zero-order valence-electron chi connectivity index (χ0n) is 17.2. The van der Waals surface area contributed by atoms with E-state index < -0.39 is 11.6 Å². The molecule has 1 aromatic carbocycles. The topological polar surface area (TPSA) is 67.4 Å². The quantitative estimate of drug-likeness (QED) is 0.842. The lowest BCUT2D eigenvalue weighted by atomic mass is 9.85. The Balaban J connectivity index is 1.59. The molecule has 0 bridgehead atoms. The standard InChI is InChI=1S/C21H31NO6/c1-20(2)24-12-15(26-20)18-19(28-21(3,4)27-18)16-17(23-5)14(11-25-22-16)13-9-7-6-8-10-13/h6-10,14-19,22H,11-12H2,1-5H3/t14-,15-,16+,17+,18-,19-/m1/s1. The molecule has 0 unspecified atom stereocenters. The first-order chi connectivity index (χ1) is 13.3. The number of hydroxylamine groups is 1. The summed E-state index contributed by atoms with van der Waals surface area (Å²) in [6, 6.07) is 10.1. The van der Waals surface area contributed by atoms with Crippen LogP contribution in [0.3, 0.4) is 0 Å². The normalized spacial score (nSPS) is 39.9. The number of nitrogens with one attached hydrogen (secondary N) is 1. The van der Waals surface area contributed by atoms with Crippen LogP contribution < -0.4 is 5.48 Å². The van der Waals surface area contributed by atoms with Crippen LogP contribution in [0, 0.1) is 0 Å². The number of hydrogen-bond donors (Lipinski definition) is 1. The van der Waals surface area contributed by atoms with E-state index in [0.29, 0.717) is 13.2 Å². The zero-order valence-corrected chi connectivity index (χ0v) is 17.2. The van der Waals surface area contributed by atoms with Crippen molar-refractivity contribution in [2.45, 2.75) is 75.6 Å². The Bertz CT molecular complexity index is 666. The monoisotopic (exact) mass is 393 g/mol. The summed E-state index contributed by atoms with van der Waals surface area (Å²) in [6.07, 6.45) is -0.978. The summed E-state index contributed by atoms with van der Waals surface area (Å²) in [5.41, 5.74) is 4.33. The van der Waals surface area contributed by atoms with Crippen LogP contribution in [0.5, 0.6) is 0 Å². The van der Waals surface area contributed by atoms with Crippen LogP contribution in [0.1, 0.15) is 39.2 Å². The molecule has 3 aliphatic heterocycles. The van der Waals surface area contributed by atoms with Crippen molar-refractivity contribution in [2.75, 3.05) is 20.3 Å². The van der Waals surface area contributed by atoms with Crippen molar-refractivity contribution in [3.8, 4) is 0 Å². The second kappa shape index (κ2) is 7.65. The van der Waals surface area contributed by atoms with Gasteiger partial charge in [0.2, 0.25) is 0 Å². The van der Waals surface area contributed by atoms with Gasteiger partial charge in [-0.15, -0.1) is 0 Å². The van der Waals surface area contributed by atoms with E-state index >= 15 is 0 Å². The van der Waals surface area contributed by atoms with E-state index in [1.54, 1.807) is 7.11 Å². The lowest BCUT2D eigenvalue weighted by Crippen LogP contribution is -2.60. The summed E-state index contributed by atoms with van der Waals surface area (Å²) in [6.45, 7) is 8.64. The van der Waals surface area contributed by atoms with Crippen LogP contribution >= 0.6 is 0 Å². The summed E-state index contributed by atoms with van der Waals surface area (Å²) in [7, 11) is 1.73. The Hall–Kier alpha value is -1.06. The largest absolute Gasteiger partial charge is 0.379 e. The zero-order chi connectivity index (χ0) is 19.9. The van der Waals surface area contributed by atoms with Crippen LogP contribution in [-0.4, -0.2) is 62.4 Å². The van der Waals surface area contributed by atoms with Gasteiger partial charge in [-0.2, -0.15) is 5.48 Å². The van der Waals surface area contributed by atoms with Crippen molar-refractivity contribution in [1.29, 1.82) is 0 Å². The maximum Gasteiger partial charge on any atom is 0.163 e. The molecule has 156 valence electrons. The molecule has 4 rings (SSSR count). The highest BCUT2D eigenvalue weighted by atomic mass is 16.8. The number of hydrogen-bond acceptors (Lipinski definition) is 7. The predicted octanol–water partition coefficient (Wildman–Crippen LogP) is 2.36. The van der Waals surface area contributed by atoms with Crippen molar-refractivity contribution < 1.29 is 28.5 Å². The Morgan fingerprint density at radius 3 is 2.29 bits per heavy atom. The van der Waals surface area contributed by atoms with Crippen molar-refractivity contribution in [2.24, 2.45) is 0 Å². The van der Waals surface area contributed by atoms with Crippen molar-refractivity contribution >= 4 is 0 Å². The average Bonchev–Trinajstić information content (AvgIpc) is 3.20. The van der Waals surface area contributed by atoms with Crippen LogP contribution in [0.2, 0.25) is 0 Å². The summed E-state index contributed by atoms with van der Waals surface area (Å²) in [5.74, 6) is -1.28. The van der Waals surface area contributed by atoms with E-state index in [0.717, 1.165) is 0 Å². The molecular weight excluding hydrogens is 362 g/mol. The molecule has 1 aromatic rings. The number of methoxy groups -OCH3 is 1. The van der Waals surface area contributed by atoms with E-state index in [-0.39, 0.29) is 36.4 Å². The fourth-order valence-corrected chi connectivity index (χ4v) is 4.46. The molecule has 3 aliphatic rings. The Labute approximate surface area is 166 Å². The third-order valence-corrected chi connectivity index (χ3v) is 5.65. The first kappa shape index (κ1) is 20.2. The van der Waals surface area contributed by atoms with Gasteiger partial charge >= 0.3 is 0 Å². The minimum Gasteiger partial charge on any atom is -0.379 e.